The van der Waals surface area contributed by atoms with Crippen LogP contribution >= 0.6 is 0 Å². The molecule has 0 aliphatic heterocycles. The molecular weight excluding hydrogens is 349 g/mol. The Kier molecular flexibility index (Phi) is 4.87. The lowest BCUT2D eigenvalue weighted by molar-refractivity contribution is -0.0548. The summed E-state index contributed by atoms with van der Waals surface area (Å²) in [5.41, 5.74) is -4.50. The Bertz CT molecular complexity index is 932. The van der Waals surface area contributed by atoms with Crippen molar-refractivity contribution in [2.75, 3.05) is 0 Å². The van der Waals surface area contributed by atoms with E-state index in [-0.39, 0.29) is 5.69 Å². The predicted molar refractivity (Wildman–Crippen MR) is 73.6 cm³/mol. The monoisotopic (exact) mass is 356 g/mol. The number of halogens is 3. The van der Waals surface area contributed by atoms with Crippen LogP contribution in [0, 0.1) is 23.2 Å². The molecule has 1 heterocycles. The van der Waals surface area contributed by atoms with Gasteiger partial charge in [0.1, 0.15) is 12.3 Å². The van der Waals surface area contributed by atoms with E-state index in [4.69, 9.17) is 5.26 Å². The van der Waals surface area contributed by atoms with E-state index in [1.54, 1.807) is 30.3 Å². The number of rotatable bonds is 4. The maximum absolute atomic E-state index is 12.1. The average Bonchev–Trinajstić information content (AvgIpc) is 2.99. The van der Waals surface area contributed by atoms with E-state index >= 15 is 0 Å². The van der Waals surface area contributed by atoms with E-state index in [1.165, 1.54) is 10.9 Å². The van der Waals surface area contributed by atoms with E-state index in [0.717, 1.165) is 0 Å². The first-order valence-electron chi connectivity index (χ1n) is 6.10. The molecule has 2 rings (SSSR count). The van der Waals surface area contributed by atoms with Crippen molar-refractivity contribution in [2.45, 2.75) is 12.1 Å². The molecular formula is C13H7F3N4O3S. The van der Waals surface area contributed by atoms with E-state index in [0.29, 0.717) is 11.3 Å². The third-order valence-corrected chi connectivity index (χ3v) is 3.58. The van der Waals surface area contributed by atoms with Crippen molar-refractivity contribution in [2.24, 2.45) is 0 Å². The first-order valence-corrected chi connectivity index (χ1v) is 7.51. The number of aromatic nitrogens is 3. The standard InChI is InChI=1S/C13H7F3N4O3S/c14-13(15,16)24(21,22)23-9-11-8-20(19-18-11)12-5-3-10(4-6-12)2-1-7-17/h3-6,8H,9H2. The molecule has 0 aliphatic carbocycles. The summed E-state index contributed by atoms with van der Waals surface area (Å²) < 4.78 is 63.1. The van der Waals surface area contributed by atoms with Crippen LogP contribution in [-0.4, -0.2) is 28.9 Å². The number of benzene rings is 1. The molecule has 11 heteroatoms. The maximum Gasteiger partial charge on any atom is 0.523 e. The fourth-order valence-corrected chi connectivity index (χ4v) is 1.90. The fraction of sp³-hybridized carbons (Fsp3) is 0.154. The number of hydrogen-bond donors (Lipinski definition) is 0. The van der Waals surface area contributed by atoms with Gasteiger partial charge in [0.05, 0.1) is 11.9 Å². The highest BCUT2D eigenvalue weighted by Crippen LogP contribution is 2.25. The minimum Gasteiger partial charge on any atom is -0.257 e. The zero-order valence-electron chi connectivity index (χ0n) is 11.6. The van der Waals surface area contributed by atoms with Crippen LogP contribution in [0.2, 0.25) is 0 Å². The van der Waals surface area contributed by atoms with Crippen LogP contribution in [0.3, 0.4) is 0 Å². The molecule has 1 aromatic carbocycles. The van der Waals surface area contributed by atoms with Gasteiger partial charge in [0, 0.05) is 11.5 Å². The molecule has 0 aliphatic rings. The van der Waals surface area contributed by atoms with Crippen LogP contribution in [-0.2, 0) is 20.9 Å². The fourth-order valence-electron chi connectivity index (χ4n) is 1.49. The van der Waals surface area contributed by atoms with Crippen molar-refractivity contribution in [1.29, 1.82) is 5.26 Å². The molecule has 0 amide bonds. The topological polar surface area (TPSA) is 97.9 Å². The van der Waals surface area contributed by atoms with Crippen LogP contribution < -0.4 is 0 Å². The predicted octanol–water partition coefficient (Wildman–Crippen LogP) is 1.51. The van der Waals surface area contributed by atoms with Crippen molar-refractivity contribution in [3.63, 3.8) is 0 Å². The number of nitrogens with zero attached hydrogens (tertiary/aromatic N) is 4. The highest BCUT2D eigenvalue weighted by atomic mass is 32.2. The van der Waals surface area contributed by atoms with Crippen molar-refractivity contribution in [3.8, 4) is 23.6 Å². The summed E-state index contributed by atoms with van der Waals surface area (Å²) in [6.07, 6.45) is 1.22. The van der Waals surface area contributed by atoms with Gasteiger partial charge in [-0.15, -0.1) is 5.10 Å². The molecule has 24 heavy (non-hydrogen) atoms. The van der Waals surface area contributed by atoms with Crippen molar-refractivity contribution in [1.82, 2.24) is 15.0 Å². The first kappa shape index (κ1) is 17.5. The van der Waals surface area contributed by atoms with Gasteiger partial charge in [-0.3, -0.25) is 4.18 Å². The van der Waals surface area contributed by atoms with Gasteiger partial charge in [-0.1, -0.05) is 11.1 Å². The van der Waals surface area contributed by atoms with E-state index in [9.17, 15) is 21.6 Å². The second-order valence-electron chi connectivity index (χ2n) is 4.23. The number of alkyl halides is 3. The Hall–Kier alpha value is -2.89. The minimum absolute atomic E-state index is 0.101. The Labute approximate surface area is 134 Å². The lowest BCUT2D eigenvalue weighted by atomic mass is 10.2. The van der Waals surface area contributed by atoms with Crippen molar-refractivity contribution >= 4 is 10.1 Å². The molecule has 0 atom stereocenters. The van der Waals surface area contributed by atoms with Crippen molar-refractivity contribution in [3.05, 3.63) is 41.7 Å². The summed E-state index contributed by atoms with van der Waals surface area (Å²) in [6, 6.07) is 8.06. The van der Waals surface area contributed by atoms with E-state index < -0.39 is 22.2 Å². The smallest absolute Gasteiger partial charge is 0.257 e. The second-order valence-corrected chi connectivity index (χ2v) is 5.83. The SMILES string of the molecule is N#CC#Cc1ccc(-n2cc(COS(=O)(=O)C(F)(F)F)nn2)cc1. The van der Waals surface area contributed by atoms with E-state index in [2.05, 4.69) is 26.3 Å². The molecule has 7 nitrogen and oxygen atoms in total. The Morgan fingerprint density at radius 2 is 1.92 bits per heavy atom. The molecule has 0 bridgehead atoms. The molecule has 0 saturated heterocycles. The van der Waals surface area contributed by atoms with Gasteiger partial charge in [-0.25, -0.2) is 4.68 Å². The summed E-state index contributed by atoms with van der Waals surface area (Å²) in [5, 5.41) is 15.5. The number of hydrogen-bond acceptors (Lipinski definition) is 6. The first-order chi connectivity index (χ1) is 11.2. The Morgan fingerprint density at radius 3 is 2.50 bits per heavy atom. The molecule has 1 aromatic heterocycles. The van der Waals surface area contributed by atoms with Crippen LogP contribution in [0.15, 0.2) is 30.5 Å². The largest absolute Gasteiger partial charge is 0.523 e. The van der Waals surface area contributed by atoms with Crippen LogP contribution in [0.5, 0.6) is 0 Å². The highest BCUT2D eigenvalue weighted by Gasteiger charge is 2.47. The Balaban J connectivity index is 2.10. The van der Waals surface area contributed by atoms with Crippen LogP contribution in [0.1, 0.15) is 11.3 Å². The molecule has 0 unspecified atom stereocenters. The molecule has 124 valence electrons. The summed E-state index contributed by atoms with van der Waals surface area (Å²) >= 11 is 0. The third kappa shape index (κ3) is 4.10. The highest BCUT2D eigenvalue weighted by molar-refractivity contribution is 7.87. The summed E-state index contributed by atoms with van der Waals surface area (Å²) in [6.45, 7) is -0.895. The maximum atomic E-state index is 12.1. The van der Waals surface area contributed by atoms with Gasteiger partial charge in [-0.2, -0.15) is 26.9 Å². The van der Waals surface area contributed by atoms with Gasteiger partial charge >= 0.3 is 15.6 Å². The molecule has 2 aromatic rings. The van der Waals surface area contributed by atoms with Crippen molar-refractivity contribution < 1.29 is 25.8 Å². The van der Waals surface area contributed by atoms with E-state index in [1.807, 2.05) is 0 Å². The van der Waals surface area contributed by atoms with Gasteiger partial charge in [0.15, 0.2) is 6.07 Å². The lowest BCUT2D eigenvalue weighted by Crippen LogP contribution is -2.25. The molecule has 0 N–H and O–H groups in total. The van der Waals surface area contributed by atoms with Crippen LogP contribution in [0.25, 0.3) is 5.69 Å². The quantitative estimate of drug-likeness (QED) is 0.468. The van der Waals surface area contributed by atoms with Gasteiger partial charge < -0.3 is 0 Å². The Morgan fingerprint density at radius 1 is 1.25 bits per heavy atom. The lowest BCUT2D eigenvalue weighted by Gasteiger charge is -2.06. The third-order valence-electron chi connectivity index (χ3n) is 2.58. The molecule has 0 fully saturated rings. The summed E-state index contributed by atoms with van der Waals surface area (Å²) in [4.78, 5) is 0. The zero-order chi connectivity index (χ0) is 17.8. The second kappa shape index (κ2) is 6.70. The normalized spacial score (nSPS) is 11.4. The van der Waals surface area contributed by atoms with Gasteiger partial charge in [-0.05, 0) is 24.3 Å². The summed E-state index contributed by atoms with van der Waals surface area (Å²) in [5.74, 6) is 4.81. The average molecular weight is 356 g/mol. The van der Waals surface area contributed by atoms with Gasteiger partial charge in [0.2, 0.25) is 0 Å². The number of nitriles is 1. The molecule has 0 radical (unpaired) electrons. The molecule has 0 spiro atoms. The zero-order valence-corrected chi connectivity index (χ0v) is 12.5. The minimum atomic E-state index is -5.68. The molecule has 0 saturated carbocycles. The summed E-state index contributed by atoms with van der Waals surface area (Å²) in [7, 11) is -5.68. The van der Waals surface area contributed by atoms with Gasteiger partial charge in [0.25, 0.3) is 0 Å². The van der Waals surface area contributed by atoms with Crippen LogP contribution in [0.4, 0.5) is 13.2 Å².